The van der Waals surface area contributed by atoms with Gasteiger partial charge in [-0.1, -0.05) is 164 Å². The molecule has 0 aliphatic rings. The third-order valence-electron chi connectivity index (χ3n) is 7.61. The number of allylic oxidation sites excluding steroid dienone is 10. The van der Waals surface area contributed by atoms with Gasteiger partial charge in [0.2, 0.25) is 0 Å². The third-order valence-corrected chi connectivity index (χ3v) is 7.61. The zero-order valence-electron chi connectivity index (χ0n) is 28.9. The molecule has 0 aromatic carbocycles. The van der Waals surface area contributed by atoms with Crippen molar-refractivity contribution in [3.8, 4) is 0 Å². The lowest BCUT2D eigenvalue weighted by molar-refractivity contribution is -0.154. The smallest absolute Gasteiger partial charge is 0.306 e. The molecule has 4 heteroatoms. The number of aliphatic hydroxyl groups is 1. The monoisotopic (exact) mass is 615 g/mol. The first kappa shape index (κ1) is 42.1. The van der Waals surface area contributed by atoms with Crippen molar-refractivity contribution in [2.24, 2.45) is 0 Å². The molecule has 0 heterocycles. The summed E-state index contributed by atoms with van der Waals surface area (Å²) in [4.78, 5) is 12.1. The van der Waals surface area contributed by atoms with E-state index < -0.39 is 6.10 Å². The van der Waals surface area contributed by atoms with E-state index in [-0.39, 0.29) is 19.2 Å². The molecule has 0 spiro atoms. The molecule has 44 heavy (non-hydrogen) atoms. The topological polar surface area (TPSA) is 55.8 Å². The van der Waals surface area contributed by atoms with E-state index in [4.69, 9.17) is 9.47 Å². The first-order valence-electron chi connectivity index (χ1n) is 18.4. The number of esters is 1. The van der Waals surface area contributed by atoms with Crippen LogP contribution in [0.15, 0.2) is 60.8 Å². The maximum absolute atomic E-state index is 12.1. The molecule has 0 fully saturated rings. The minimum atomic E-state index is -0.562. The molecule has 0 rings (SSSR count). The van der Waals surface area contributed by atoms with E-state index in [1.807, 2.05) is 0 Å². The number of ether oxygens (including phenoxy) is 2. The van der Waals surface area contributed by atoms with Crippen molar-refractivity contribution in [1.29, 1.82) is 0 Å². The van der Waals surface area contributed by atoms with E-state index in [0.29, 0.717) is 13.0 Å². The van der Waals surface area contributed by atoms with Gasteiger partial charge >= 0.3 is 5.97 Å². The van der Waals surface area contributed by atoms with Crippen LogP contribution in [0.2, 0.25) is 0 Å². The molecule has 254 valence electrons. The van der Waals surface area contributed by atoms with Gasteiger partial charge in [0, 0.05) is 13.0 Å². The molecule has 0 aliphatic heterocycles. The van der Waals surface area contributed by atoms with E-state index >= 15 is 0 Å². The van der Waals surface area contributed by atoms with E-state index in [1.165, 1.54) is 89.9 Å². The fraction of sp³-hybridized carbons (Fsp3) is 0.725. The van der Waals surface area contributed by atoms with Crippen LogP contribution >= 0.6 is 0 Å². The van der Waals surface area contributed by atoms with Crippen molar-refractivity contribution in [2.45, 2.75) is 168 Å². The van der Waals surface area contributed by atoms with E-state index in [1.54, 1.807) is 0 Å². The SMILES string of the molecule is CC/C=C\C/C=C\C/C=C\C/C=C\C/C=C\CCCC(=O)OC(CO)COCCCCCCCCCCCCCCCCC. The van der Waals surface area contributed by atoms with E-state index in [0.717, 1.165) is 51.4 Å². The lowest BCUT2D eigenvalue weighted by Gasteiger charge is -2.15. The Morgan fingerprint density at radius 2 is 1.00 bits per heavy atom. The second-order valence-corrected chi connectivity index (χ2v) is 11.9. The maximum Gasteiger partial charge on any atom is 0.306 e. The minimum absolute atomic E-state index is 0.195. The van der Waals surface area contributed by atoms with Gasteiger partial charge in [0.25, 0.3) is 0 Å². The van der Waals surface area contributed by atoms with Crippen LogP contribution in [0.1, 0.15) is 162 Å². The van der Waals surface area contributed by atoms with Crippen molar-refractivity contribution < 1.29 is 19.4 Å². The number of aliphatic hydroxyl groups excluding tert-OH is 1. The average Bonchev–Trinajstić information content (AvgIpc) is 3.03. The van der Waals surface area contributed by atoms with Gasteiger partial charge in [0.1, 0.15) is 6.10 Å². The van der Waals surface area contributed by atoms with Gasteiger partial charge in [-0.3, -0.25) is 4.79 Å². The van der Waals surface area contributed by atoms with Crippen LogP contribution in [0.3, 0.4) is 0 Å². The van der Waals surface area contributed by atoms with Gasteiger partial charge in [0.05, 0.1) is 13.2 Å². The van der Waals surface area contributed by atoms with Crippen LogP contribution in [0.5, 0.6) is 0 Å². The Hall–Kier alpha value is -1.91. The molecular formula is C40H70O4. The number of unbranched alkanes of at least 4 members (excludes halogenated alkanes) is 15. The summed E-state index contributed by atoms with van der Waals surface area (Å²) < 4.78 is 11.1. The van der Waals surface area contributed by atoms with Crippen molar-refractivity contribution in [3.63, 3.8) is 0 Å². The standard InChI is InChI=1S/C40H70O4/c1-3-5-7-9-11-13-15-17-19-20-21-23-25-27-29-31-33-35-40(42)44-39(37-41)38-43-36-34-32-30-28-26-24-22-18-16-14-12-10-8-6-4-2/h5,7,11,13,17,19,21,23,27,29,39,41H,3-4,6,8-10,12,14-16,18,20,22,24-26,28,30-38H2,1-2H3/b7-5-,13-11-,19-17-,23-21-,29-27-. The van der Waals surface area contributed by atoms with Crippen molar-refractivity contribution in [3.05, 3.63) is 60.8 Å². The lowest BCUT2D eigenvalue weighted by Crippen LogP contribution is -2.27. The molecule has 0 aromatic heterocycles. The van der Waals surface area contributed by atoms with Gasteiger partial charge in [-0.25, -0.2) is 0 Å². The number of carbonyl (C=O) groups excluding carboxylic acids is 1. The molecule has 0 bridgehead atoms. The van der Waals surface area contributed by atoms with Crippen molar-refractivity contribution >= 4 is 5.97 Å². The summed E-state index contributed by atoms with van der Waals surface area (Å²) in [5.41, 5.74) is 0. The van der Waals surface area contributed by atoms with Gasteiger partial charge in [-0.2, -0.15) is 0 Å². The molecule has 0 amide bonds. The Bertz CT molecular complexity index is 734. The van der Waals surface area contributed by atoms with Gasteiger partial charge in [-0.05, 0) is 51.4 Å². The highest BCUT2D eigenvalue weighted by molar-refractivity contribution is 5.69. The van der Waals surface area contributed by atoms with E-state index in [9.17, 15) is 9.90 Å². The summed E-state index contributed by atoms with van der Waals surface area (Å²) in [6, 6.07) is 0. The second kappa shape index (κ2) is 37.3. The summed E-state index contributed by atoms with van der Waals surface area (Å²) >= 11 is 0. The predicted octanol–water partition coefficient (Wildman–Crippen LogP) is 11.7. The first-order valence-corrected chi connectivity index (χ1v) is 18.4. The Morgan fingerprint density at radius 3 is 1.45 bits per heavy atom. The number of carbonyl (C=O) groups is 1. The lowest BCUT2D eigenvalue weighted by atomic mass is 10.0. The average molecular weight is 615 g/mol. The molecule has 1 N–H and O–H groups in total. The van der Waals surface area contributed by atoms with E-state index in [2.05, 4.69) is 74.6 Å². The van der Waals surface area contributed by atoms with Crippen LogP contribution < -0.4 is 0 Å². The second-order valence-electron chi connectivity index (χ2n) is 11.9. The third kappa shape index (κ3) is 34.6. The molecule has 0 aliphatic carbocycles. The van der Waals surface area contributed by atoms with Gasteiger partial charge in [0.15, 0.2) is 0 Å². The number of hydrogen-bond donors (Lipinski definition) is 1. The fourth-order valence-electron chi connectivity index (χ4n) is 4.89. The Labute approximate surface area is 273 Å². The molecule has 1 unspecified atom stereocenters. The molecule has 0 radical (unpaired) electrons. The van der Waals surface area contributed by atoms with Gasteiger partial charge < -0.3 is 14.6 Å². The quantitative estimate of drug-likeness (QED) is 0.0454. The largest absolute Gasteiger partial charge is 0.457 e. The summed E-state index contributed by atoms with van der Waals surface area (Å²) in [6.45, 7) is 5.17. The van der Waals surface area contributed by atoms with Crippen LogP contribution in [-0.4, -0.2) is 37.0 Å². The molecule has 4 nitrogen and oxygen atoms in total. The normalized spacial score (nSPS) is 13.1. The Balaban J connectivity index is 3.56. The fourth-order valence-corrected chi connectivity index (χ4v) is 4.89. The predicted molar refractivity (Wildman–Crippen MR) is 191 cm³/mol. The summed E-state index contributed by atoms with van der Waals surface area (Å²) in [6.07, 6.45) is 48.4. The maximum atomic E-state index is 12.1. The molecule has 0 saturated heterocycles. The molecule has 1 atom stereocenters. The molecule has 0 saturated carbocycles. The highest BCUT2D eigenvalue weighted by Gasteiger charge is 2.13. The highest BCUT2D eigenvalue weighted by atomic mass is 16.6. The van der Waals surface area contributed by atoms with Crippen molar-refractivity contribution in [2.75, 3.05) is 19.8 Å². The van der Waals surface area contributed by atoms with Crippen LogP contribution in [0.4, 0.5) is 0 Å². The summed E-state index contributed by atoms with van der Waals surface area (Å²) in [5.74, 6) is -0.257. The zero-order chi connectivity index (χ0) is 32.0. The van der Waals surface area contributed by atoms with Crippen LogP contribution in [0.25, 0.3) is 0 Å². The minimum Gasteiger partial charge on any atom is -0.457 e. The molecule has 0 aromatic rings. The van der Waals surface area contributed by atoms with Crippen LogP contribution in [-0.2, 0) is 14.3 Å². The van der Waals surface area contributed by atoms with Crippen molar-refractivity contribution in [1.82, 2.24) is 0 Å². The zero-order valence-corrected chi connectivity index (χ0v) is 28.9. The Kier molecular flexibility index (Phi) is 35.7. The summed E-state index contributed by atoms with van der Waals surface area (Å²) in [7, 11) is 0. The van der Waals surface area contributed by atoms with Crippen LogP contribution in [0, 0.1) is 0 Å². The number of hydrogen-bond acceptors (Lipinski definition) is 4. The first-order chi connectivity index (χ1) is 21.7. The molecular weight excluding hydrogens is 544 g/mol. The summed E-state index contributed by atoms with van der Waals surface area (Å²) in [5, 5.41) is 9.55. The number of rotatable bonds is 33. The highest BCUT2D eigenvalue weighted by Crippen LogP contribution is 2.13. The van der Waals surface area contributed by atoms with Gasteiger partial charge in [-0.15, -0.1) is 0 Å². The Morgan fingerprint density at radius 1 is 0.568 bits per heavy atom.